The largest absolute Gasteiger partial charge is 0.382 e. The van der Waals surface area contributed by atoms with E-state index in [-0.39, 0.29) is 22.5 Å². The van der Waals surface area contributed by atoms with E-state index in [1.807, 2.05) is 13.8 Å². The molecule has 1 atom stereocenters. The van der Waals surface area contributed by atoms with Crippen LogP contribution in [0.15, 0.2) is 0 Å². The van der Waals surface area contributed by atoms with E-state index in [9.17, 15) is 13.2 Å². The van der Waals surface area contributed by atoms with Crippen molar-refractivity contribution in [1.82, 2.24) is 10.3 Å². The second-order valence-electron chi connectivity index (χ2n) is 5.00. The van der Waals surface area contributed by atoms with Crippen molar-refractivity contribution in [1.29, 1.82) is 0 Å². The molecular weight excluding hydrogens is 300 g/mol. The molecule has 114 valence electrons. The first-order valence-corrected chi connectivity index (χ1v) is 8.97. The van der Waals surface area contributed by atoms with Crippen molar-refractivity contribution in [3.8, 4) is 0 Å². The van der Waals surface area contributed by atoms with Gasteiger partial charge in [-0.1, -0.05) is 11.3 Å². The van der Waals surface area contributed by atoms with Crippen LogP contribution in [0.5, 0.6) is 0 Å². The van der Waals surface area contributed by atoms with Crippen molar-refractivity contribution < 1.29 is 13.2 Å². The van der Waals surface area contributed by atoms with Crippen molar-refractivity contribution in [2.24, 2.45) is 0 Å². The molecular formula is C11H20N4O3S2. The predicted octanol–water partition coefficient (Wildman–Crippen LogP) is 0.708. The number of sulfone groups is 1. The summed E-state index contributed by atoms with van der Waals surface area (Å²) < 4.78 is 22.3. The summed E-state index contributed by atoms with van der Waals surface area (Å²) in [6.45, 7) is 5.53. The number of nitrogens with two attached hydrogens (primary N) is 1. The number of thiazole rings is 1. The Bertz CT molecular complexity index is 580. The van der Waals surface area contributed by atoms with Crippen LogP contribution in [0.25, 0.3) is 0 Å². The lowest BCUT2D eigenvalue weighted by Gasteiger charge is -2.11. The zero-order valence-corrected chi connectivity index (χ0v) is 13.6. The number of nitrogens with zero attached hydrogens (tertiary/aromatic N) is 1. The molecule has 1 rings (SSSR count). The molecule has 7 nitrogen and oxygen atoms in total. The number of carbonyl (C=O) groups is 1. The lowest BCUT2D eigenvalue weighted by Crippen LogP contribution is -2.37. The van der Waals surface area contributed by atoms with Crippen LogP contribution >= 0.6 is 11.3 Å². The number of nitrogen functional groups attached to an aromatic ring is 1. The molecule has 0 spiro atoms. The van der Waals surface area contributed by atoms with Crippen LogP contribution in [0.3, 0.4) is 0 Å². The first-order valence-electron chi connectivity index (χ1n) is 6.10. The Balaban J connectivity index is 2.75. The molecule has 0 radical (unpaired) electrons. The van der Waals surface area contributed by atoms with Crippen LogP contribution < -0.4 is 16.4 Å². The van der Waals surface area contributed by atoms with Gasteiger partial charge in [0.05, 0.1) is 5.75 Å². The summed E-state index contributed by atoms with van der Waals surface area (Å²) in [5, 5.41) is 6.24. The molecule has 4 N–H and O–H groups in total. The van der Waals surface area contributed by atoms with E-state index in [1.165, 1.54) is 0 Å². The number of nitrogens with one attached hydrogen (secondary N) is 2. The first kappa shape index (κ1) is 16.7. The molecule has 0 aromatic carbocycles. The molecule has 9 heteroatoms. The second kappa shape index (κ2) is 6.40. The van der Waals surface area contributed by atoms with Gasteiger partial charge in [0.2, 0.25) is 0 Å². The molecule has 20 heavy (non-hydrogen) atoms. The minimum absolute atomic E-state index is 0.117. The maximum Gasteiger partial charge on any atom is 0.265 e. The van der Waals surface area contributed by atoms with E-state index < -0.39 is 21.8 Å². The van der Waals surface area contributed by atoms with E-state index in [4.69, 9.17) is 5.73 Å². The maximum atomic E-state index is 12.0. The van der Waals surface area contributed by atoms with Crippen LogP contribution in [-0.4, -0.2) is 43.4 Å². The summed E-state index contributed by atoms with van der Waals surface area (Å²) in [5.74, 6) is -0.385. The normalized spacial score (nSPS) is 13.2. The molecule has 1 amide bonds. The average molecular weight is 320 g/mol. The summed E-state index contributed by atoms with van der Waals surface area (Å²) >= 11 is 1.15. The van der Waals surface area contributed by atoms with Gasteiger partial charge in [0, 0.05) is 18.3 Å². The van der Waals surface area contributed by atoms with Gasteiger partial charge in [-0.15, -0.1) is 0 Å². The van der Waals surface area contributed by atoms with Crippen LogP contribution in [0.4, 0.5) is 10.9 Å². The Morgan fingerprint density at radius 2 is 2.00 bits per heavy atom. The van der Waals surface area contributed by atoms with Gasteiger partial charge >= 0.3 is 0 Å². The highest BCUT2D eigenvalue weighted by atomic mass is 32.2. The summed E-state index contributed by atoms with van der Waals surface area (Å²) in [4.78, 5) is 16.4. The zero-order valence-electron chi connectivity index (χ0n) is 11.9. The maximum absolute atomic E-state index is 12.0. The summed E-state index contributed by atoms with van der Waals surface area (Å²) in [5.41, 5.74) is 5.70. The van der Waals surface area contributed by atoms with E-state index in [0.717, 1.165) is 17.6 Å². The van der Waals surface area contributed by atoms with Crippen molar-refractivity contribution in [2.45, 2.75) is 32.9 Å². The Labute approximate surface area is 122 Å². The van der Waals surface area contributed by atoms with Crippen molar-refractivity contribution in [3.05, 3.63) is 4.88 Å². The van der Waals surface area contributed by atoms with Gasteiger partial charge in [-0.2, -0.15) is 0 Å². The lowest BCUT2D eigenvalue weighted by atomic mass is 10.3. The summed E-state index contributed by atoms with van der Waals surface area (Å²) in [6.07, 6.45) is 1.13. The van der Waals surface area contributed by atoms with Gasteiger partial charge in [-0.3, -0.25) is 4.79 Å². The molecule has 0 aliphatic rings. The fourth-order valence-corrected chi connectivity index (χ4v) is 3.51. The quantitative estimate of drug-likeness (QED) is 0.711. The fourth-order valence-electron chi connectivity index (χ4n) is 1.59. The van der Waals surface area contributed by atoms with Gasteiger partial charge < -0.3 is 16.4 Å². The zero-order chi connectivity index (χ0) is 15.5. The number of rotatable bonds is 6. The van der Waals surface area contributed by atoms with Gasteiger partial charge in [0.25, 0.3) is 5.91 Å². The van der Waals surface area contributed by atoms with E-state index in [2.05, 4.69) is 15.6 Å². The standard InChI is InChI=1S/C11H20N4O3S2/c1-6(2)13-11-15-9(12)8(19-11)10(16)14-7(3)5-20(4,17)18/h6-7H,5,12H2,1-4H3,(H,13,15)(H,14,16). The second-order valence-corrected chi connectivity index (χ2v) is 8.18. The third-order valence-electron chi connectivity index (χ3n) is 2.20. The number of hydrogen-bond donors (Lipinski definition) is 3. The molecule has 0 fully saturated rings. The van der Waals surface area contributed by atoms with Gasteiger partial charge in [0.1, 0.15) is 20.5 Å². The van der Waals surface area contributed by atoms with Crippen LogP contribution in [0.1, 0.15) is 30.4 Å². The number of amides is 1. The topological polar surface area (TPSA) is 114 Å². The van der Waals surface area contributed by atoms with Crippen LogP contribution in [0.2, 0.25) is 0 Å². The minimum atomic E-state index is -3.14. The highest BCUT2D eigenvalue weighted by Crippen LogP contribution is 2.25. The van der Waals surface area contributed by atoms with E-state index in [0.29, 0.717) is 5.13 Å². The number of aromatic nitrogens is 1. The summed E-state index contributed by atoms with van der Waals surface area (Å²) in [7, 11) is -3.14. The van der Waals surface area contributed by atoms with Crippen LogP contribution in [0, 0.1) is 0 Å². The van der Waals surface area contributed by atoms with Gasteiger partial charge in [-0.25, -0.2) is 13.4 Å². The Morgan fingerprint density at radius 3 is 2.50 bits per heavy atom. The lowest BCUT2D eigenvalue weighted by molar-refractivity contribution is 0.0948. The minimum Gasteiger partial charge on any atom is -0.382 e. The molecule has 0 aliphatic carbocycles. The number of hydrogen-bond acceptors (Lipinski definition) is 7. The summed E-state index contributed by atoms with van der Waals surface area (Å²) in [6, 6.07) is -0.305. The Kier molecular flexibility index (Phi) is 5.35. The van der Waals surface area contributed by atoms with Crippen molar-refractivity contribution >= 4 is 38.0 Å². The molecule has 0 saturated heterocycles. The molecule has 1 aromatic rings. The number of carbonyl (C=O) groups excluding carboxylic acids is 1. The fraction of sp³-hybridized carbons (Fsp3) is 0.636. The third kappa shape index (κ3) is 5.33. The molecule has 0 bridgehead atoms. The van der Waals surface area contributed by atoms with Gasteiger partial charge in [0.15, 0.2) is 5.13 Å². The van der Waals surface area contributed by atoms with Crippen molar-refractivity contribution in [3.63, 3.8) is 0 Å². The van der Waals surface area contributed by atoms with E-state index >= 15 is 0 Å². The monoisotopic (exact) mass is 320 g/mol. The SMILES string of the molecule is CC(C)Nc1nc(N)c(C(=O)NC(C)CS(C)(=O)=O)s1. The smallest absolute Gasteiger partial charge is 0.265 e. The molecule has 1 aromatic heterocycles. The molecule has 0 saturated carbocycles. The highest BCUT2D eigenvalue weighted by molar-refractivity contribution is 7.90. The van der Waals surface area contributed by atoms with Gasteiger partial charge in [-0.05, 0) is 20.8 Å². The first-order chi connectivity index (χ1) is 9.08. The molecule has 1 unspecified atom stereocenters. The van der Waals surface area contributed by atoms with Crippen LogP contribution in [-0.2, 0) is 9.84 Å². The molecule has 0 aliphatic heterocycles. The molecule has 1 heterocycles. The van der Waals surface area contributed by atoms with E-state index in [1.54, 1.807) is 6.92 Å². The average Bonchev–Trinajstić information content (AvgIpc) is 2.54. The third-order valence-corrected chi connectivity index (χ3v) is 4.31. The predicted molar refractivity (Wildman–Crippen MR) is 81.9 cm³/mol. The highest BCUT2D eigenvalue weighted by Gasteiger charge is 2.19. The Hall–Kier alpha value is -1.35. The number of anilines is 2. The Morgan fingerprint density at radius 1 is 1.40 bits per heavy atom. The van der Waals surface area contributed by atoms with Crippen molar-refractivity contribution in [2.75, 3.05) is 23.1 Å².